The van der Waals surface area contributed by atoms with Gasteiger partial charge in [0.05, 0.1) is 5.75 Å². The van der Waals surface area contributed by atoms with E-state index in [0.29, 0.717) is 18.2 Å². The summed E-state index contributed by atoms with van der Waals surface area (Å²) in [7, 11) is 1.94. The van der Waals surface area contributed by atoms with Crippen LogP contribution in [0.2, 0.25) is 0 Å². The molecule has 0 saturated carbocycles. The average molecular weight is 388 g/mol. The fraction of sp³-hybridized carbons (Fsp3) is 0.526. The molecule has 0 N–H and O–H groups in total. The van der Waals surface area contributed by atoms with Gasteiger partial charge in [-0.15, -0.1) is 10.2 Å². The van der Waals surface area contributed by atoms with Crippen LogP contribution >= 0.6 is 11.8 Å². The Balaban J connectivity index is 1.38. The van der Waals surface area contributed by atoms with Crippen molar-refractivity contribution in [1.29, 1.82) is 0 Å². The van der Waals surface area contributed by atoms with Gasteiger partial charge < -0.3 is 18.9 Å². The van der Waals surface area contributed by atoms with Crippen molar-refractivity contribution in [3.8, 4) is 11.5 Å². The van der Waals surface area contributed by atoms with Gasteiger partial charge in [-0.1, -0.05) is 17.8 Å². The van der Waals surface area contributed by atoms with Gasteiger partial charge >= 0.3 is 0 Å². The van der Waals surface area contributed by atoms with E-state index in [0.717, 1.165) is 47.4 Å². The van der Waals surface area contributed by atoms with Crippen LogP contribution < -0.4 is 9.47 Å². The van der Waals surface area contributed by atoms with Gasteiger partial charge in [0.15, 0.2) is 16.7 Å². The van der Waals surface area contributed by atoms with Gasteiger partial charge in [0.25, 0.3) is 0 Å². The molecular weight excluding hydrogens is 364 g/mol. The number of nitrogens with zero attached hydrogens (tertiary/aromatic N) is 4. The lowest BCUT2D eigenvalue weighted by molar-refractivity contribution is -0.131. The first kappa shape index (κ1) is 18.2. The molecule has 2 aliphatic rings. The van der Waals surface area contributed by atoms with Gasteiger partial charge in [-0.3, -0.25) is 4.79 Å². The van der Waals surface area contributed by atoms with Crippen LogP contribution in [0.5, 0.6) is 11.5 Å². The molecule has 8 heteroatoms. The largest absolute Gasteiger partial charge is 0.454 e. The minimum Gasteiger partial charge on any atom is -0.454 e. The summed E-state index contributed by atoms with van der Waals surface area (Å²) in [5, 5.41) is 9.34. The normalized spacial score (nSPS) is 18.7. The molecule has 1 fully saturated rings. The van der Waals surface area contributed by atoms with Crippen molar-refractivity contribution in [1.82, 2.24) is 19.7 Å². The number of thioether (sulfide) groups is 1. The summed E-state index contributed by atoms with van der Waals surface area (Å²) in [5.41, 5.74) is 1.09. The van der Waals surface area contributed by atoms with Gasteiger partial charge in [-0.05, 0) is 43.9 Å². The molecule has 2 aliphatic heterocycles. The lowest BCUT2D eigenvalue weighted by Crippen LogP contribution is -2.42. The third kappa shape index (κ3) is 3.90. The van der Waals surface area contributed by atoms with Crippen molar-refractivity contribution in [2.24, 2.45) is 7.05 Å². The van der Waals surface area contributed by atoms with Crippen LogP contribution in [0.1, 0.15) is 37.6 Å². The molecular formula is C19H24N4O3S. The molecule has 3 heterocycles. The smallest absolute Gasteiger partial charge is 0.233 e. The number of ether oxygens (including phenoxy) is 2. The molecule has 1 aromatic carbocycles. The number of amides is 1. The first-order valence-corrected chi connectivity index (χ1v) is 10.3. The van der Waals surface area contributed by atoms with Crippen molar-refractivity contribution in [3.05, 3.63) is 29.6 Å². The number of benzene rings is 1. The molecule has 0 unspecified atom stereocenters. The summed E-state index contributed by atoms with van der Waals surface area (Å²) < 4.78 is 12.7. The Bertz CT molecular complexity index is 838. The van der Waals surface area contributed by atoms with Gasteiger partial charge in [0, 0.05) is 26.1 Å². The zero-order valence-electron chi connectivity index (χ0n) is 15.7. The zero-order valence-corrected chi connectivity index (χ0v) is 16.5. The molecule has 27 heavy (non-hydrogen) atoms. The van der Waals surface area contributed by atoms with Crippen LogP contribution in [0.4, 0.5) is 0 Å². The van der Waals surface area contributed by atoms with E-state index in [2.05, 4.69) is 17.1 Å². The number of likely N-dealkylation sites (tertiary alicyclic amines) is 1. The number of carbonyl (C=O) groups excluding carboxylic acids is 1. The number of rotatable bonds is 5. The highest BCUT2D eigenvalue weighted by Gasteiger charge is 2.23. The van der Waals surface area contributed by atoms with E-state index in [1.807, 2.05) is 34.7 Å². The van der Waals surface area contributed by atoms with Gasteiger partial charge in [0.1, 0.15) is 5.82 Å². The van der Waals surface area contributed by atoms with Crippen molar-refractivity contribution in [3.63, 3.8) is 0 Å². The number of aromatic nitrogens is 3. The number of hydrogen-bond acceptors (Lipinski definition) is 6. The third-order valence-corrected chi connectivity index (χ3v) is 6.18. The molecule has 7 nitrogen and oxygen atoms in total. The van der Waals surface area contributed by atoms with Gasteiger partial charge in [-0.2, -0.15) is 0 Å². The number of piperidine rings is 1. The Hall–Kier alpha value is -2.22. The summed E-state index contributed by atoms with van der Waals surface area (Å²) in [6, 6.07) is 6.25. The molecule has 1 saturated heterocycles. The first-order valence-electron chi connectivity index (χ1n) is 9.31. The second kappa shape index (κ2) is 7.80. The lowest BCUT2D eigenvalue weighted by Gasteiger charge is -2.33. The van der Waals surface area contributed by atoms with Gasteiger partial charge in [-0.25, -0.2) is 0 Å². The number of carbonyl (C=O) groups is 1. The summed E-state index contributed by atoms with van der Waals surface area (Å²) >= 11 is 1.46. The third-order valence-electron chi connectivity index (χ3n) is 5.17. The van der Waals surface area contributed by atoms with Crippen molar-refractivity contribution in [2.45, 2.75) is 43.8 Å². The van der Waals surface area contributed by atoms with Crippen LogP contribution in [0, 0.1) is 0 Å². The molecule has 1 amide bonds. The molecule has 2 aromatic rings. The fourth-order valence-corrected chi connectivity index (χ4v) is 4.35. The van der Waals surface area contributed by atoms with Crippen molar-refractivity contribution in [2.75, 3.05) is 19.1 Å². The maximum atomic E-state index is 12.5. The molecule has 0 aliphatic carbocycles. The molecule has 1 atom stereocenters. The monoisotopic (exact) mass is 388 g/mol. The summed E-state index contributed by atoms with van der Waals surface area (Å²) in [4.78, 5) is 14.5. The Labute approximate surface area is 163 Å². The van der Waals surface area contributed by atoms with E-state index in [9.17, 15) is 4.79 Å². The van der Waals surface area contributed by atoms with Crippen LogP contribution in [0.25, 0.3) is 0 Å². The highest BCUT2D eigenvalue weighted by molar-refractivity contribution is 7.99. The van der Waals surface area contributed by atoms with Crippen LogP contribution in [0.3, 0.4) is 0 Å². The predicted molar refractivity (Wildman–Crippen MR) is 102 cm³/mol. The predicted octanol–water partition coefficient (Wildman–Crippen LogP) is 2.63. The van der Waals surface area contributed by atoms with Gasteiger partial charge in [0.2, 0.25) is 12.7 Å². The minimum atomic E-state index is 0.188. The Kier molecular flexibility index (Phi) is 5.24. The van der Waals surface area contributed by atoms with E-state index in [1.165, 1.54) is 18.2 Å². The zero-order chi connectivity index (χ0) is 18.8. The molecule has 0 spiro atoms. The first-order chi connectivity index (χ1) is 13.1. The quantitative estimate of drug-likeness (QED) is 0.734. The van der Waals surface area contributed by atoms with E-state index >= 15 is 0 Å². The molecule has 0 radical (unpaired) electrons. The maximum Gasteiger partial charge on any atom is 0.233 e. The summed E-state index contributed by atoms with van der Waals surface area (Å²) in [6.07, 6.45) is 4.06. The molecule has 1 aromatic heterocycles. The van der Waals surface area contributed by atoms with Crippen LogP contribution in [-0.2, 0) is 18.3 Å². The number of hydrogen-bond donors (Lipinski definition) is 0. The second-order valence-electron chi connectivity index (χ2n) is 7.04. The van der Waals surface area contributed by atoms with Crippen molar-refractivity contribution < 1.29 is 14.3 Å². The Morgan fingerprint density at radius 1 is 1.26 bits per heavy atom. The van der Waals surface area contributed by atoms with E-state index in [-0.39, 0.29) is 12.7 Å². The molecule has 0 bridgehead atoms. The Morgan fingerprint density at radius 2 is 2.11 bits per heavy atom. The molecule has 4 rings (SSSR count). The van der Waals surface area contributed by atoms with Crippen molar-refractivity contribution >= 4 is 17.7 Å². The SMILES string of the molecule is C[C@H]1CCCCN1C(=O)CSc1nnc(Cc2ccc3c(c2)OCO3)n1C. The van der Waals surface area contributed by atoms with E-state index in [4.69, 9.17) is 9.47 Å². The maximum absolute atomic E-state index is 12.5. The summed E-state index contributed by atoms with van der Waals surface area (Å²) in [5.74, 6) is 2.99. The number of fused-ring (bicyclic) bond motifs is 1. The van der Waals surface area contributed by atoms with E-state index in [1.54, 1.807) is 0 Å². The second-order valence-corrected chi connectivity index (χ2v) is 7.99. The lowest BCUT2D eigenvalue weighted by atomic mass is 10.0. The minimum absolute atomic E-state index is 0.188. The highest BCUT2D eigenvalue weighted by Crippen LogP contribution is 2.33. The average Bonchev–Trinajstić information content (AvgIpc) is 3.27. The van der Waals surface area contributed by atoms with Crippen LogP contribution in [0.15, 0.2) is 23.4 Å². The van der Waals surface area contributed by atoms with Crippen LogP contribution in [-0.4, -0.2) is 50.7 Å². The Morgan fingerprint density at radius 3 is 2.96 bits per heavy atom. The highest BCUT2D eigenvalue weighted by atomic mass is 32.2. The standard InChI is InChI=1S/C19H24N4O3S/c1-13-5-3-4-8-23(13)18(24)11-27-19-21-20-17(22(19)2)10-14-6-7-15-16(9-14)26-12-25-15/h6-7,9,13H,3-5,8,10-12H2,1-2H3/t13-/m0/s1. The molecule has 144 valence electrons. The summed E-state index contributed by atoms with van der Waals surface area (Å²) in [6.45, 7) is 3.27. The van der Waals surface area contributed by atoms with E-state index < -0.39 is 0 Å². The fourth-order valence-electron chi connectivity index (χ4n) is 3.54. The topological polar surface area (TPSA) is 69.5 Å².